The van der Waals surface area contributed by atoms with Gasteiger partial charge in [0, 0.05) is 12.6 Å². The summed E-state index contributed by atoms with van der Waals surface area (Å²) < 4.78 is 11.1. The number of hydrogen-bond donors (Lipinski definition) is 1. The predicted molar refractivity (Wildman–Crippen MR) is 70.2 cm³/mol. The van der Waals surface area contributed by atoms with Crippen molar-refractivity contribution in [1.82, 2.24) is 0 Å². The molecule has 0 aliphatic heterocycles. The van der Waals surface area contributed by atoms with Crippen LogP contribution in [0.25, 0.3) is 0 Å². The highest BCUT2D eigenvalue weighted by Crippen LogP contribution is 2.20. The van der Waals surface area contributed by atoms with E-state index in [0.717, 1.165) is 17.7 Å². The quantitative estimate of drug-likeness (QED) is 0.793. The van der Waals surface area contributed by atoms with Crippen LogP contribution in [0.4, 0.5) is 0 Å². The SMILES string of the molecule is CCOCC(C)Oc1cccc(C(N)CC)c1. The maximum atomic E-state index is 5.99. The van der Waals surface area contributed by atoms with E-state index in [0.29, 0.717) is 13.2 Å². The average molecular weight is 237 g/mol. The zero-order chi connectivity index (χ0) is 12.7. The third-order valence-electron chi connectivity index (χ3n) is 2.62. The Hall–Kier alpha value is -1.06. The molecular weight excluding hydrogens is 214 g/mol. The molecule has 0 aromatic heterocycles. The first kappa shape index (κ1) is 14.0. The highest BCUT2D eigenvalue weighted by molar-refractivity contribution is 5.30. The van der Waals surface area contributed by atoms with Crippen molar-refractivity contribution in [2.75, 3.05) is 13.2 Å². The van der Waals surface area contributed by atoms with E-state index < -0.39 is 0 Å². The average Bonchev–Trinajstić information content (AvgIpc) is 2.35. The van der Waals surface area contributed by atoms with Crippen molar-refractivity contribution in [1.29, 1.82) is 0 Å². The third-order valence-corrected chi connectivity index (χ3v) is 2.62. The minimum atomic E-state index is 0.0584. The number of ether oxygens (including phenoxy) is 2. The molecule has 1 aromatic carbocycles. The topological polar surface area (TPSA) is 44.5 Å². The summed E-state index contributed by atoms with van der Waals surface area (Å²) in [5.74, 6) is 0.860. The minimum Gasteiger partial charge on any atom is -0.488 e. The summed E-state index contributed by atoms with van der Waals surface area (Å²) >= 11 is 0. The lowest BCUT2D eigenvalue weighted by Gasteiger charge is -2.16. The van der Waals surface area contributed by atoms with Gasteiger partial charge in [-0.1, -0.05) is 19.1 Å². The fourth-order valence-corrected chi connectivity index (χ4v) is 1.60. The van der Waals surface area contributed by atoms with Crippen LogP contribution >= 0.6 is 0 Å². The summed E-state index contributed by atoms with van der Waals surface area (Å²) in [6, 6.07) is 8.06. The van der Waals surface area contributed by atoms with Gasteiger partial charge in [-0.3, -0.25) is 0 Å². The van der Waals surface area contributed by atoms with Gasteiger partial charge >= 0.3 is 0 Å². The van der Waals surface area contributed by atoms with Crippen LogP contribution in [0.5, 0.6) is 5.75 Å². The molecule has 17 heavy (non-hydrogen) atoms. The molecule has 96 valence electrons. The van der Waals surface area contributed by atoms with Crippen molar-refractivity contribution in [2.24, 2.45) is 5.73 Å². The lowest BCUT2D eigenvalue weighted by atomic mass is 10.1. The van der Waals surface area contributed by atoms with E-state index in [1.54, 1.807) is 0 Å². The Labute approximate surface area is 104 Å². The molecule has 2 N–H and O–H groups in total. The zero-order valence-corrected chi connectivity index (χ0v) is 11.0. The van der Waals surface area contributed by atoms with Crippen LogP contribution < -0.4 is 10.5 Å². The zero-order valence-electron chi connectivity index (χ0n) is 11.0. The number of rotatable bonds is 7. The van der Waals surface area contributed by atoms with Gasteiger partial charge in [-0.25, -0.2) is 0 Å². The van der Waals surface area contributed by atoms with Crippen molar-refractivity contribution < 1.29 is 9.47 Å². The summed E-state index contributed by atoms with van der Waals surface area (Å²) in [6.07, 6.45) is 0.987. The molecule has 0 saturated heterocycles. The third kappa shape index (κ3) is 4.75. The first-order valence-electron chi connectivity index (χ1n) is 6.27. The van der Waals surface area contributed by atoms with E-state index in [-0.39, 0.29) is 12.1 Å². The highest BCUT2D eigenvalue weighted by atomic mass is 16.5. The van der Waals surface area contributed by atoms with Gasteiger partial charge < -0.3 is 15.2 Å². The maximum Gasteiger partial charge on any atom is 0.120 e. The Morgan fingerprint density at radius 1 is 1.29 bits per heavy atom. The van der Waals surface area contributed by atoms with E-state index >= 15 is 0 Å². The molecule has 3 nitrogen and oxygen atoms in total. The normalized spacial score (nSPS) is 14.4. The van der Waals surface area contributed by atoms with Gasteiger partial charge in [0.25, 0.3) is 0 Å². The standard InChI is InChI=1S/C14H23NO2/c1-4-14(15)12-7-6-8-13(9-12)17-11(3)10-16-5-2/h6-9,11,14H,4-5,10,15H2,1-3H3. The monoisotopic (exact) mass is 237 g/mol. The van der Waals surface area contributed by atoms with Crippen LogP contribution in [0, 0.1) is 0 Å². The molecule has 2 atom stereocenters. The molecule has 3 heteroatoms. The summed E-state index contributed by atoms with van der Waals surface area (Å²) in [7, 11) is 0. The van der Waals surface area contributed by atoms with E-state index in [1.807, 2.05) is 38.1 Å². The molecule has 0 bridgehead atoms. The molecule has 0 aliphatic carbocycles. The fraction of sp³-hybridized carbons (Fsp3) is 0.571. The molecule has 2 unspecified atom stereocenters. The largest absolute Gasteiger partial charge is 0.488 e. The first-order valence-corrected chi connectivity index (χ1v) is 6.27. The predicted octanol–water partition coefficient (Wildman–Crippen LogP) is 2.90. The van der Waals surface area contributed by atoms with Gasteiger partial charge in [-0.05, 0) is 38.0 Å². The van der Waals surface area contributed by atoms with Crippen LogP contribution in [-0.2, 0) is 4.74 Å². The van der Waals surface area contributed by atoms with Gasteiger partial charge in [0.1, 0.15) is 11.9 Å². The Balaban J connectivity index is 2.59. The Morgan fingerprint density at radius 3 is 2.71 bits per heavy atom. The lowest BCUT2D eigenvalue weighted by Crippen LogP contribution is -2.19. The van der Waals surface area contributed by atoms with Crippen LogP contribution in [0.2, 0.25) is 0 Å². The number of nitrogens with two attached hydrogens (primary N) is 1. The van der Waals surface area contributed by atoms with Gasteiger partial charge in [0.15, 0.2) is 0 Å². The van der Waals surface area contributed by atoms with Gasteiger partial charge in [-0.2, -0.15) is 0 Å². The van der Waals surface area contributed by atoms with Crippen LogP contribution in [-0.4, -0.2) is 19.3 Å². The van der Waals surface area contributed by atoms with E-state index in [9.17, 15) is 0 Å². The second-order valence-corrected chi connectivity index (χ2v) is 4.18. The first-order chi connectivity index (χ1) is 8.17. The van der Waals surface area contributed by atoms with Crippen LogP contribution in [0.15, 0.2) is 24.3 Å². The number of hydrogen-bond acceptors (Lipinski definition) is 3. The molecule has 0 radical (unpaired) electrons. The van der Waals surface area contributed by atoms with E-state index in [4.69, 9.17) is 15.2 Å². The Bertz CT molecular complexity index is 328. The molecule has 1 aromatic rings. The van der Waals surface area contributed by atoms with Crippen molar-refractivity contribution in [3.63, 3.8) is 0 Å². The van der Waals surface area contributed by atoms with Crippen LogP contribution in [0.3, 0.4) is 0 Å². The summed E-state index contributed by atoms with van der Waals surface area (Å²) in [5, 5.41) is 0. The Kier molecular flexibility index (Phi) is 6.01. The molecule has 0 spiro atoms. The van der Waals surface area contributed by atoms with E-state index in [2.05, 4.69) is 6.92 Å². The molecule has 0 saturated carbocycles. The molecule has 0 fully saturated rings. The molecule has 0 amide bonds. The van der Waals surface area contributed by atoms with Gasteiger partial charge in [-0.15, -0.1) is 0 Å². The second-order valence-electron chi connectivity index (χ2n) is 4.18. The number of benzene rings is 1. The maximum absolute atomic E-state index is 5.99. The highest BCUT2D eigenvalue weighted by Gasteiger charge is 2.07. The Morgan fingerprint density at radius 2 is 2.06 bits per heavy atom. The van der Waals surface area contributed by atoms with Crippen LogP contribution in [0.1, 0.15) is 38.8 Å². The molecule has 0 heterocycles. The lowest BCUT2D eigenvalue weighted by molar-refractivity contribution is 0.0657. The summed E-state index contributed by atoms with van der Waals surface area (Å²) in [6.45, 7) is 7.39. The van der Waals surface area contributed by atoms with Crippen molar-refractivity contribution >= 4 is 0 Å². The second kappa shape index (κ2) is 7.30. The summed E-state index contributed by atoms with van der Waals surface area (Å²) in [5.41, 5.74) is 7.11. The molecule has 1 rings (SSSR count). The van der Waals surface area contributed by atoms with Crippen molar-refractivity contribution in [3.05, 3.63) is 29.8 Å². The van der Waals surface area contributed by atoms with E-state index in [1.165, 1.54) is 0 Å². The molecular formula is C14H23NO2. The van der Waals surface area contributed by atoms with Gasteiger partial charge in [0.2, 0.25) is 0 Å². The minimum absolute atomic E-state index is 0.0584. The van der Waals surface area contributed by atoms with Crippen molar-refractivity contribution in [3.8, 4) is 5.75 Å². The van der Waals surface area contributed by atoms with Crippen molar-refractivity contribution in [2.45, 2.75) is 39.3 Å². The van der Waals surface area contributed by atoms with Gasteiger partial charge in [0.05, 0.1) is 6.61 Å². The molecule has 0 aliphatic rings. The smallest absolute Gasteiger partial charge is 0.120 e. The summed E-state index contributed by atoms with van der Waals surface area (Å²) in [4.78, 5) is 0. The fourth-order valence-electron chi connectivity index (χ4n) is 1.60.